The maximum Gasteiger partial charge on any atom is 0.0912 e. The first-order valence-electron chi connectivity index (χ1n) is 3.71. The summed E-state index contributed by atoms with van der Waals surface area (Å²) in [6.45, 7) is 0. The number of hydrogen-bond donors (Lipinski definition) is 0. The van der Waals surface area contributed by atoms with E-state index in [4.69, 9.17) is 5.26 Å². The topological polar surface area (TPSA) is 23.8 Å². The summed E-state index contributed by atoms with van der Waals surface area (Å²) in [6, 6.07) is 11.9. The molecule has 0 fully saturated rings. The molecule has 1 heteroatoms. The van der Waals surface area contributed by atoms with Gasteiger partial charge in [-0.3, -0.25) is 0 Å². The molecule has 0 unspecified atom stereocenters. The highest BCUT2D eigenvalue weighted by atomic mass is 14.2. The second kappa shape index (κ2) is 4.92. The van der Waals surface area contributed by atoms with Gasteiger partial charge < -0.3 is 0 Å². The van der Waals surface area contributed by atoms with Crippen LogP contribution >= 0.6 is 0 Å². The summed E-state index contributed by atoms with van der Waals surface area (Å²) in [7, 11) is 0. The van der Waals surface area contributed by atoms with Crippen LogP contribution in [0, 0.1) is 11.3 Å². The highest BCUT2D eigenvalue weighted by molar-refractivity contribution is 5.50. The van der Waals surface area contributed by atoms with Gasteiger partial charge in [0.1, 0.15) is 0 Å². The Morgan fingerprint density at radius 3 is 2.50 bits per heavy atom. The first-order chi connectivity index (χ1) is 5.93. The van der Waals surface area contributed by atoms with Crippen molar-refractivity contribution in [3.05, 3.63) is 54.1 Å². The highest BCUT2D eigenvalue weighted by Crippen LogP contribution is 2.00. The molecule has 0 aliphatic carbocycles. The van der Waals surface area contributed by atoms with E-state index in [1.807, 2.05) is 48.6 Å². The van der Waals surface area contributed by atoms with Gasteiger partial charge in [0.15, 0.2) is 0 Å². The molecule has 1 rings (SSSR count). The van der Waals surface area contributed by atoms with E-state index in [9.17, 15) is 0 Å². The van der Waals surface area contributed by atoms with Crippen molar-refractivity contribution in [2.45, 2.75) is 0 Å². The van der Waals surface area contributed by atoms with Crippen molar-refractivity contribution in [2.24, 2.45) is 0 Å². The Morgan fingerprint density at radius 1 is 1.08 bits per heavy atom. The van der Waals surface area contributed by atoms with Crippen LogP contribution in [-0.2, 0) is 0 Å². The molecular formula is C11H9N. The lowest BCUT2D eigenvalue weighted by molar-refractivity contribution is 1.53. The molecule has 0 radical (unpaired) electrons. The van der Waals surface area contributed by atoms with E-state index in [0.29, 0.717) is 0 Å². The van der Waals surface area contributed by atoms with Crippen LogP contribution in [0.1, 0.15) is 5.56 Å². The van der Waals surface area contributed by atoms with Crippen LogP contribution in [0.25, 0.3) is 6.08 Å². The average Bonchev–Trinajstić information content (AvgIpc) is 2.14. The van der Waals surface area contributed by atoms with Crippen LogP contribution in [0.5, 0.6) is 0 Å². The molecular weight excluding hydrogens is 146 g/mol. The fourth-order valence-corrected chi connectivity index (χ4v) is 0.829. The molecule has 0 heterocycles. The standard InChI is InChI=1S/C11H9N/c12-10-6-2-5-9-11-7-3-1-4-8-11/h1-9H/b6-2+,9-5+. The molecule has 0 N–H and O–H groups in total. The zero-order valence-electron chi connectivity index (χ0n) is 6.64. The minimum atomic E-state index is 1.14. The minimum absolute atomic E-state index is 1.14. The Bertz CT molecular complexity index is 315. The first-order valence-corrected chi connectivity index (χ1v) is 3.71. The zero-order chi connectivity index (χ0) is 8.65. The van der Waals surface area contributed by atoms with Crippen molar-refractivity contribution in [1.29, 1.82) is 5.26 Å². The average molecular weight is 155 g/mol. The van der Waals surface area contributed by atoms with Gasteiger partial charge in [-0.15, -0.1) is 0 Å². The lowest BCUT2D eigenvalue weighted by atomic mass is 10.2. The van der Waals surface area contributed by atoms with E-state index in [1.165, 1.54) is 6.08 Å². The molecule has 12 heavy (non-hydrogen) atoms. The van der Waals surface area contributed by atoms with Crippen LogP contribution < -0.4 is 0 Å². The highest BCUT2D eigenvalue weighted by Gasteiger charge is 1.78. The summed E-state index contributed by atoms with van der Waals surface area (Å²) >= 11 is 0. The van der Waals surface area contributed by atoms with Crippen LogP contribution in [0.4, 0.5) is 0 Å². The van der Waals surface area contributed by atoms with Gasteiger partial charge in [0.25, 0.3) is 0 Å². The van der Waals surface area contributed by atoms with Crippen molar-refractivity contribution in [2.75, 3.05) is 0 Å². The van der Waals surface area contributed by atoms with Crippen LogP contribution in [-0.4, -0.2) is 0 Å². The SMILES string of the molecule is N#C/C=C/C=C/c1ccccc1. The monoisotopic (exact) mass is 155 g/mol. The normalized spacial score (nSPS) is 10.6. The Morgan fingerprint density at radius 2 is 1.83 bits per heavy atom. The lowest BCUT2D eigenvalue weighted by Gasteiger charge is -1.87. The van der Waals surface area contributed by atoms with Gasteiger partial charge in [0.2, 0.25) is 0 Å². The molecule has 1 aromatic carbocycles. The van der Waals surface area contributed by atoms with E-state index < -0.39 is 0 Å². The molecule has 0 saturated carbocycles. The molecule has 0 spiro atoms. The van der Waals surface area contributed by atoms with E-state index in [-0.39, 0.29) is 0 Å². The number of allylic oxidation sites excluding steroid dienone is 3. The fourth-order valence-electron chi connectivity index (χ4n) is 0.829. The van der Waals surface area contributed by atoms with Gasteiger partial charge in [0.05, 0.1) is 6.07 Å². The van der Waals surface area contributed by atoms with Gasteiger partial charge in [-0.25, -0.2) is 0 Å². The van der Waals surface area contributed by atoms with E-state index in [2.05, 4.69) is 0 Å². The van der Waals surface area contributed by atoms with E-state index in [1.54, 1.807) is 6.08 Å². The summed E-state index contributed by atoms with van der Waals surface area (Å²) in [5.41, 5.74) is 1.14. The van der Waals surface area contributed by atoms with Crippen molar-refractivity contribution in [3.63, 3.8) is 0 Å². The van der Waals surface area contributed by atoms with Crippen molar-refractivity contribution in [3.8, 4) is 6.07 Å². The number of nitriles is 1. The van der Waals surface area contributed by atoms with Gasteiger partial charge in [0, 0.05) is 6.08 Å². The Hall–Kier alpha value is -1.81. The molecule has 1 nitrogen and oxygen atoms in total. The number of benzene rings is 1. The summed E-state index contributed by atoms with van der Waals surface area (Å²) in [5.74, 6) is 0. The predicted molar refractivity (Wildman–Crippen MR) is 50.2 cm³/mol. The number of hydrogen-bond acceptors (Lipinski definition) is 1. The lowest BCUT2D eigenvalue weighted by Crippen LogP contribution is -1.66. The molecule has 0 aromatic heterocycles. The number of rotatable bonds is 2. The maximum atomic E-state index is 8.19. The summed E-state index contributed by atoms with van der Waals surface area (Å²) < 4.78 is 0. The van der Waals surface area contributed by atoms with Crippen LogP contribution in [0.2, 0.25) is 0 Å². The molecule has 0 atom stereocenters. The fraction of sp³-hybridized carbons (Fsp3) is 0. The second-order valence-corrected chi connectivity index (χ2v) is 2.26. The van der Waals surface area contributed by atoms with Crippen LogP contribution in [0.3, 0.4) is 0 Å². The van der Waals surface area contributed by atoms with Crippen molar-refractivity contribution in [1.82, 2.24) is 0 Å². The molecule has 1 aromatic rings. The van der Waals surface area contributed by atoms with E-state index in [0.717, 1.165) is 5.56 Å². The third-order valence-electron chi connectivity index (χ3n) is 1.37. The third kappa shape index (κ3) is 2.85. The summed E-state index contributed by atoms with van der Waals surface area (Å²) in [4.78, 5) is 0. The maximum absolute atomic E-state index is 8.19. The van der Waals surface area contributed by atoms with Crippen LogP contribution in [0.15, 0.2) is 48.6 Å². The Balaban J connectivity index is 2.59. The zero-order valence-corrected chi connectivity index (χ0v) is 6.64. The predicted octanol–water partition coefficient (Wildman–Crippen LogP) is 2.78. The Kier molecular flexibility index (Phi) is 3.40. The van der Waals surface area contributed by atoms with Gasteiger partial charge in [-0.2, -0.15) is 5.26 Å². The third-order valence-corrected chi connectivity index (χ3v) is 1.37. The summed E-state index contributed by atoms with van der Waals surface area (Å²) in [6.07, 6.45) is 6.96. The molecule has 58 valence electrons. The number of nitrogens with zero attached hydrogens (tertiary/aromatic N) is 1. The second-order valence-electron chi connectivity index (χ2n) is 2.26. The van der Waals surface area contributed by atoms with Gasteiger partial charge in [-0.05, 0) is 5.56 Å². The van der Waals surface area contributed by atoms with Crippen molar-refractivity contribution < 1.29 is 0 Å². The summed E-state index contributed by atoms with van der Waals surface area (Å²) in [5, 5.41) is 8.19. The Labute approximate surface area is 72.3 Å². The molecule has 0 amide bonds. The minimum Gasteiger partial charge on any atom is -0.193 e. The first kappa shape index (κ1) is 8.29. The molecule has 0 aliphatic rings. The smallest absolute Gasteiger partial charge is 0.0912 e. The molecule has 0 bridgehead atoms. The van der Waals surface area contributed by atoms with E-state index >= 15 is 0 Å². The molecule has 0 aliphatic heterocycles. The van der Waals surface area contributed by atoms with Crippen molar-refractivity contribution >= 4 is 6.08 Å². The van der Waals surface area contributed by atoms with Gasteiger partial charge in [-0.1, -0.05) is 48.6 Å². The molecule has 0 saturated heterocycles. The largest absolute Gasteiger partial charge is 0.193 e. The van der Waals surface area contributed by atoms with Gasteiger partial charge >= 0.3 is 0 Å². The quantitative estimate of drug-likeness (QED) is 0.476.